The third-order valence-electron chi connectivity index (χ3n) is 2.64. The van der Waals surface area contributed by atoms with Crippen molar-refractivity contribution < 1.29 is 19.6 Å². The molecule has 0 aromatic carbocycles. The number of hydrogen-bond acceptors (Lipinski definition) is 6. The smallest absolute Gasteiger partial charge is 0.342 e. The van der Waals surface area contributed by atoms with Crippen LogP contribution in [0.4, 0.5) is 5.82 Å². The van der Waals surface area contributed by atoms with E-state index in [1.165, 1.54) is 29.4 Å². The summed E-state index contributed by atoms with van der Waals surface area (Å²) in [5.41, 5.74) is 0. The Hall–Kier alpha value is -2.10. The van der Waals surface area contributed by atoms with Gasteiger partial charge >= 0.3 is 11.8 Å². The van der Waals surface area contributed by atoms with E-state index in [4.69, 9.17) is 5.11 Å². The maximum absolute atomic E-state index is 10.9. The fraction of sp³-hybridized carbons (Fsp3) is 0.545. The Kier molecular flexibility index (Phi) is 6.15. The lowest BCUT2D eigenvalue weighted by Crippen LogP contribution is -2.41. The maximum atomic E-state index is 10.9. The first-order valence-electron chi connectivity index (χ1n) is 6.07. The Bertz CT molecular complexity index is 545. The van der Waals surface area contributed by atoms with E-state index in [-0.39, 0.29) is 11.6 Å². The van der Waals surface area contributed by atoms with Crippen LogP contribution in [0, 0.1) is 17.0 Å². The Morgan fingerprint density at radius 3 is 2.81 bits per heavy atom. The van der Waals surface area contributed by atoms with E-state index in [1.807, 2.05) is 0 Å². The van der Waals surface area contributed by atoms with Gasteiger partial charge in [0.05, 0.1) is 0 Å². The second kappa shape index (κ2) is 7.62. The van der Waals surface area contributed by atoms with Gasteiger partial charge in [-0.15, -0.1) is 0 Å². The van der Waals surface area contributed by atoms with Crippen molar-refractivity contribution in [2.75, 3.05) is 11.5 Å². The number of thioether (sulfide) groups is 1. The summed E-state index contributed by atoms with van der Waals surface area (Å²) in [6.07, 6.45) is 1.19. The van der Waals surface area contributed by atoms with Gasteiger partial charge in [0.25, 0.3) is 0 Å². The van der Waals surface area contributed by atoms with Gasteiger partial charge in [0.15, 0.2) is 5.82 Å². The van der Waals surface area contributed by atoms with Crippen LogP contribution in [0.5, 0.6) is 0 Å². The van der Waals surface area contributed by atoms with Crippen molar-refractivity contribution in [2.24, 2.45) is 0 Å². The van der Waals surface area contributed by atoms with Gasteiger partial charge in [-0.25, -0.2) is 14.3 Å². The fourth-order valence-corrected chi connectivity index (χ4v) is 2.60. The first-order chi connectivity index (χ1) is 9.82. The standard InChI is InChI=1S/C11H16N4O5S/c1-7-12-5-10(15(19)20)14(7)3-4-21-6-9(11(17)18)13-8(2)16/h5,9H,3-4,6H2,1-2H3,(H,13,16)(H,17,18)/t9-/m0/s1. The molecular weight excluding hydrogens is 300 g/mol. The molecule has 0 saturated carbocycles. The molecule has 116 valence electrons. The van der Waals surface area contributed by atoms with Crippen LogP contribution in [-0.2, 0) is 16.1 Å². The molecule has 0 aliphatic rings. The molecule has 9 nitrogen and oxygen atoms in total. The van der Waals surface area contributed by atoms with Gasteiger partial charge in [-0.1, -0.05) is 0 Å². The number of aromatic nitrogens is 2. The number of nitrogens with zero attached hydrogens (tertiary/aromatic N) is 3. The number of carbonyl (C=O) groups is 2. The molecule has 0 aliphatic carbocycles. The Balaban J connectivity index is 2.50. The summed E-state index contributed by atoms with van der Waals surface area (Å²) in [5.74, 6) is -0.423. The van der Waals surface area contributed by atoms with Gasteiger partial charge in [-0.2, -0.15) is 11.8 Å². The van der Waals surface area contributed by atoms with E-state index in [0.29, 0.717) is 18.1 Å². The molecule has 0 fully saturated rings. The van der Waals surface area contributed by atoms with Crippen LogP contribution in [0.2, 0.25) is 0 Å². The molecule has 1 amide bonds. The van der Waals surface area contributed by atoms with Gasteiger partial charge in [0.2, 0.25) is 5.91 Å². The molecule has 2 N–H and O–H groups in total. The molecular formula is C11H16N4O5S. The Labute approximate surface area is 124 Å². The lowest BCUT2D eigenvalue weighted by molar-refractivity contribution is -0.392. The highest BCUT2D eigenvalue weighted by Gasteiger charge is 2.20. The fourth-order valence-electron chi connectivity index (χ4n) is 1.66. The van der Waals surface area contributed by atoms with Crippen LogP contribution >= 0.6 is 11.8 Å². The summed E-state index contributed by atoms with van der Waals surface area (Å²) in [7, 11) is 0. The van der Waals surface area contributed by atoms with E-state index in [2.05, 4.69) is 10.3 Å². The molecule has 0 bridgehead atoms. The Morgan fingerprint density at radius 2 is 2.29 bits per heavy atom. The number of hydrogen-bond donors (Lipinski definition) is 2. The van der Waals surface area contributed by atoms with E-state index < -0.39 is 22.8 Å². The number of rotatable bonds is 8. The number of aryl methyl sites for hydroxylation is 1. The molecule has 1 aromatic heterocycles. The molecule has 0 spiro atoms. The highest BCUT2D eigenvalue weighted by molar-refractivity contribution is 7.99. The van der Waals surface area contributed by atoms with E-state index >= 15 is 0 Å². The van der Waals surface area contributed by atoms with Crippen LogP contribution in [-0.4, -0.2) is 49.0 Å². The van der Waals surface area contributed by atoms with E-state index in [9.17, 15) is 19.7 Å². The van der Waals surface area contributed by atoms with Crippen LogP contribution in [0.3, 0.4) is 0 Å². The van der Waals surface area contributed by atoms with Crippen LogP contribution in [0.1, 0.15) is 12.7 Å². The number of carboxylic acid groups (broad SMARTS) is 1. The van der Waals surface area contributed by atoms with Crippen molar-refractivity contribution >= 4 is 29.5 Å². The van der Waals surface area contributed by atoms with Crippen molar-refractivity contribution in [3.05, 3.63) is 22.1 Å². The summed E-state index contributed by atoms with van der Waals surface area (Å²) in [6, 6.07) is -0.966. The second-order valence-corrected chi connectivity index (χ2v) is 5.39. The minimum atomic E-state index is -1.11. The third kappa shape index (κ3) is 5.06. The zero-order valence-corrected chi connectivity index (χ0v) is 12.4. The molecule has 21 heavy (non-hydrogen) atoms. The van der Waals surface area contributed by atoms with Gasteiger partial charge in [-0.3, -0.25) is 4.79 Å². The zero-order chi connectivity index (χ0) is 16.0. The molecule has 10 heteroatoms. The third-order valence-corrected chi connectivity index (χ3v) is 3.68. The minimum absolute atomic E-state index is 0.0928. The van der Waals surface area contributed by atoms with Crippen molar-refractivity contribution in [1.29, 1.82) is 0 Å². The second-order valence-electron chi connectivity index (χ2n) is 4.24. The summed E-state index contributed by atoms with van der Waals surface area (Å²) < 4.78 is 1.46. The molecule has 1 atom stereocenters. The molecule has 0 radical (unpaired) electrons. The first kappa shape index (κ1) is 17.0. The number of nitrogens with one attached hydrogen (secondary N) is 1. The van der Waals surface area contributed by atoms with E-state index in [0.717, 1.165) is 0 Å². The number of amides is 1. The quantitative estimate of drug-likeness (QED) is 0.404. The summed E-state index contributed by atoms with van der Waals surface area (Å²) in [4.78, 5) is 36.0. The topological polar surface area (TPSA) is 127 Å². The normalized spacial score (nSPS) is 11.9. The van der Waals surface area contributed by atoms with Crippen molar-refractivity contribution in [3.8, 4) is 0 Å². The van der Waals surface area contributed by atoms with Gasteiger partial charge < -0.3 is 20.5 Å². The average molecular weight is 316 g/mol. The maximum Gasteiger partial charge on any atom is 0.342 e. The average Bonchev–Trinajstić information content (AvgIpc) is 2.74. The lowest BCUT2D eigenvalue weighted by atomic mass is 10.3. The number of carbonyl (C=O) groups excluding carboxylic acids is 1. The largest absolute Gasteiger partial charge is 0.480 e. The highest BCUT2D eigenvalue weighted by Crippen LogP contribution is 2.15. The molecule has 0 aliphatic heterocycles. The SMILES string of the molecule is CC(=O)N[C@@H](CSCCn1c([N+](=O)[O-])cnc1C)C(=O)O. The number of carboxylic acids is 1. The van der Waals surface area contributed by atoms with Gasteiger partial charge in [0, 0.05) is 25.4 Å². The lowest BCUT2D eigenvalue weighted by Gasteiger charge is -2.12. The van der Waals surface area contributed by atoms with E-state index in [1.54, 1.807) is 6.92 Å². The van der Waals surface area contributed by atoms with Crippen LogP contribution in [0.15, 0.2) is 6.20 Å². The number of aliphatic carboxylic acids is 1. The zero-order valence-electron chi connectivity index (χ0n) is 11.6. The Morgan fingerprint density at radius 1 is 1.62 bits per heavy atom. The predicted octanol–water partition coefficient (Wildman–Crippen LogP) is 0.422. The number of imidazole rings is 1. The summed E-state index contributed by atoms with van der Waals surface area (Å²) in [5, 5.41) is 22.1. The molecule has 1 aromatic rings. The molecule has 0 unspecified atom stereocenters. The van der Waals surface area contributed by atoms with Crippen molar-refractivity contribution in [1.82, 2.24) is 14.9 Å². The monoisotopic (exact) mass is 316 g/mol. The van der Waals surface area contributed by atoms with Crippen LogP contribution < -0.4 is 5.32 Å². The van der Waals surface area contributed by atoms with Gasteiger partial charge in [0.1, 0.15) is 18.8 Å². The first-order valence-corrected chi connectivity index (χ1v) is 7.22. The molecule has 0 saturated heterocycles. The van der Waals surface area contributed by atoms with Crippen LogP contribution in [0.25, 0.3) is 0 Å². The van der Waals surface area contributed by atoms with Crippen molar-refractivity contribution in [3.63, 3.8) is 0 Å². The highest BCUT2D eigenvalue weighted by atomic mass is 32.2. The summed E-state index contributed by atoms with van der Waals surface area (Å²) in [6.45, 7) is 3.26. The predicted molar refractivity (Wildman–Crippen MR) is 76.2 cm³/mol. The molecule has 1 heterocycles. The minimum Gasteiger partial charge on any atom is -0.480 e. The van der Waals surface area contributed by atoms with Gasteiger partial charge in [-0.05, 0) is 4.92 Å². The summed E-state index contributed by atoms with van der Waals surface area (Å²) >= 11 is 1.29. The number of nitro groups is 1. The van der Waals surface area contributed by atoms with Crippen molar-refractivity contribution in [2.45, 2.75) is 26.4 Å². The molecule has 1 rings (SSSR count).